The molecule has 19 heavy (non-hydrogen) atoms. The third kappa shape index (κ3) is 6.17. The van der Waals surface area contributed by atoms with Gasteiger partial charge in [-0.1, -0.05) is 20.8 Å². The molecule has 0 N–H and O–H groups in total. The Balaban J connectivity index is 2.26. The van der Waals surface area contributed by atoms with E-state index in [9.17, 15) is 8.78 Å². The molecule has 1 atom stereocenters. The van der Waals surface area contributed by atoms with E-state index in [2.05, 4.69) is 23.6 Å². The predicted molar refractivity (Wildman–Crippen MR) is 76.7 cm³/mol. The highest BCUT2D eigenvalue weighted by molar-refractivity contribution is 4.76. The second-order valence-electron chi connectivity index (χ2n) is 6.39. The third-order valence-electron chi connectivity index (χ3n) is 4.09. The number of piperazine rings is 1. The van der Waals surface area contributed by atoms with Gasteiger partial charge in [-0.2, -0.15) is 0 Å². The Kier molecular flexibility index (Phi) is 6.67. The van der Waals surface area contributed by atoms with Crippen LogP contribution in [-0.4, -0.2) is 55.0 Å². The SMILES string of the molecule is CCC(CCN1CCN(CC(C)C)CC1)C(C)(F)F. The first-order valence-electron chi connectivity index (χ1n) is 7.65. The zero-order valence-electron chi connectivity index (χ0n) is 13.0. The maximum absolute atomic E-state index is 13.3. The van der Waals surface area contributed by atoms with Crippen LogP contribution in [0.5, 0.6) is 0 Å². The normalized spacial score (nSPS) is 21.0. The fraction of sp³-hybridized carbons (Fsp3) is 1.00. The van der Waals surface area contributed by atoms with Crippen molar-refractivity contribution in [1.29, 1.82) is 0 Å². The zero-order valence-corrected chi connectivity index (χ0v) is 13.0. The number of halogens is 2. The van der Waals surface area contributed by atoms with Gasteiger partial charge in [-0.3, -0.25) is 0 Å². The molecule has 2 nitrogen and oxygen atoms in total. The summed E-state index contributed by atoms with van der Waals surface area (Å²) >= 11 is 0. The highest BCUT2D eigenvalue weighted by Gasteiger charge is 2.32. The van der Waals surface area contributed by atoms with Gasteiger partial charge in [0.1, 0.15) is 0 Å². The molecule has 1 aliphatic heterocycles. The fourth-order valence-corrected chi connectivity index (χ4v) is 2.87. The van der Waals surface area contributed by atoms with Crippen LogP contribution in [0, 0.1) is 11.8 Å². The minimum absolute atomic E-state index is 0.471. The number of rotatable bonds is 7. The molecule has 1 rings (SSSR count). The van der Waals surface area contributed by atoms with E-state index in [1.807, 2.05) is 6.92 Å². The first-order chi connectivity index (χ1) is 8.82. The number of hydrogen-bond donors (Lipinski definition) is 0. The molecule has 0 bridgehead atoms. The average Bonchev–Trinajstić information content (AvgIpc) is 2.29. The molecule has 0 spiro atoms. The lowest BCUT2D eigenvalue weighted by atomic mass is 9.95. The minimum atomic E-state index is -2.53. The standard InChI is InChI=1S/C15H30F2N2/c1-5-14(15(4,16)17)6-7-18-8-10-19(11-9-18)12-13(2)3/h13-14H,5-12H2,1-4H3. The largest absolute Gasteiger partial charge is 0.301 e. The van der Waals surface area contributed by atoms with Crippen LogP contribution in [0.4, 0.5) is 8.78 Å². The molecule has 1 unspecified atom stereocenters. The number of alkyl halides is 2. The molecule has 0 aromatic rings. The van der Waals surface area contributed by atoms with Crippen LogP contribution in [0.2, 0.25) is 0 Å². The summed E-state index contributed by atoms with van der Waals surface area (Å²) in [4.78, 5) is 4.82. The van der Waals surface area contributed by atoms with Gasteiger partial charge >= 0.3 is 0 Å². The second kappa shape index (κ2) is 7.53. The van der Waals surface area contributed by atoms with Crippen molar-refractivity contribution in [2.24, 2.45) is 11.8 Å². The highest BCUT2D eigenvalue weighted by Crippen LogP contribution is 2.29. The van der Waals surface area contributed by atoms with Gasteiger partial charge in [0.2, 0.25) is 5.92 Å². The second-order valence-corrected chi connectivity index (χ2v) is 6.39. The molecular formula is C15H30F2N2. The Morgan fingerprint density at radius 3 is 2.00 bits per heavy atom. The molecule has 1 saturated heterocycles. The molecule has 0 aromatic heterocycles. The van der Waals surface area contributed by atoms with E-state index in [1.165, 1.54) is 0 Å². The number of nitrogens with zero attached hydrogens (tertiary/aromatic N) is 2. The Labute approximate surface area is 117 Å². The zero-order chi connectivity index (χ0) is 14.5. The molecule has 4 heteroatoms. The summed E-state index contributed by atoms with van der Waals surface area (Å²) in [6.07, 6.45) is 1.18. The van der Waals surface area contributed by atoms with Crippen molar-refractivity contribution in [3.05, 3.63) is 0 Å². The van der Waals surface area contributed by atoms with Gasteiger partial charge in [-0.15, -0.1) is 0 Å². The quantitative estimate of drug-likeness (QED) is 0.704. The van der Waals surface area contributed by atoms with Gasteiger partial charge in [-0.25, -0.2) is 8.78 Å². The Morgan fingerprint density at radius 2 is 1.58 bits per heavy atom. The van der Waals surface area contributed by atoms with Gasteiger partial charge in [0.05, 0.1) is 0 Å². The first kappa shape index (κ1) is 16.8. The maximum atomic E-state index is 13.3. The first-order valence-corrected chi connectivity index (χ1v) is 7.65. The van der Waals surface area contributed by atoms with Gasteiger partial charge in [0.15, 0.2) is 0 Å². The van der Waals surface area contributed by atoms with Gasteiger partial charge in [0, 0.05) is 38.6 Å². The van der Waals surface area contributed by atoms with Crippen LogP contribution in [0.1, 0.15) is 40.5 Å². The van der Waals surface area contributed by atoms with Crippen molar-refractivity contribution in [2.75, 3.05) is 39.3 Å². The van der Waals surface area contributed by atoms with Crippen molar-refractivity contribution in [1.82, 2.24) is 9.80 Å². The van der Waals surface area contributed by atoms with Crippen LogP contribution in [0.15, 0.2) is 0 Å². The summed E-state index contributed by atoms with van der Waals surface area (Å²) in [6, 6.07) is 0. The Morgan fingerprint density at radius 1 is 1.05 bits per heavy atom. The number of hydrogen-bond acceptors (Lipinski definition) is 2. The van der Waals surface area contributed by atoms with Crippen molar-refractivity contribution in [2.45, 2.75) is 46.5 Å². The smallest absolute Gasteiger partial charge is 0.248 e. The summed E-state index contributed by atoms with van der Waals surface area (Å²) in [5.74, 6) is -2.30. The van der Waals surface area contributed by atoms with Gasteiger partial charge in [-0.05, 0) is 32.2 Å². The lowest BCUT2D eigenvalue weighted by Crippen LogP contribution is -2.48. The molecule has 0 aromatic carbocycles. The molecule has 0 radical (unpaired) electrons. The monoisotopic (exact) mass is 276 g/mol. The lowest BCUT2D eigenvalue weighted by molar-refractivity contribution is -0.0479. The lowest BCUT2D eigenvalue weighted by Gasteiger charge is -2.36. The summed E-state index contributed by atoms with van der Waals surface area (Å²) in [6.45, 7) is 13.6. The molecule has 0 saturated carbocycles. The van der Waals surface area contributed by atoms with Gasteiger partial charge < -0.3 is 9.80 Å². The summed E-state index contributed by atoms with van der Waals surface area (Å²) < 4.78 is 26.6. The fourth-order valence-electron chi connectivity index (χ4n) is 2.87. The van der Waals surface area contributed by atoms with E-state index in [-0.39, 0.29) is 0 Å². The topological polar surface area (TPSA) is 6.48 Å². The Hall–Kier alpha value is -0.220. The molecule has 0 aliphatic carbocycles. The molecular weight excluding hydrogens is 246 g/mol. The minimum Gasteiger partial charge on any atom is -0.301 e. The van der Waals surface area contributed by atoms with Crippen LogP contribution in [-0.2, 0) is 0 Å². The van der Waals surface area contributed by atoms with E-state index >= 15 is 0 Å². The molecule has 114 valence electrons. The van der Waals surface area contributed by atoms with E-state index in [4.69, 9.17) is 0 Å². The van der Waals surface area contributed by atoms with Crippen LogP contribution in [0.3, 0.4) is 0 Å². The molecule has 1 heterocycles. The van der Waals surface area contributed by atoms with E-state index in [1.54, 1.807) is 0 Å². The maximum Gasteiger partial charge on any atom is 0.248 e. The highest BCUT2D eigenvalue weighted by atomic mass is 19.3. The molecule has 0 amide bonds. The van der Waals surface area contributed by atoms with E-state index in [0.717, 1.165) is 46.2 Å². The summed E-state index contributed by atoms with van der Waals surface area (Å²) in [5.41, 5.74) is 0. The van der Waals surface area contributed by atoms with Crippen LogP contribution < -0.4 is 0 Å². The van der Waals surface area contributed by atoms with Gasteiger partial charge in [0.25, 0.3) is 0 Å². The van der Waals surface area contributed by atoms with E-state index < -0.39 is 11.8 Å². The van der Waals surface area contributed by atoms with Crippen LogP contribution >= 0.6 is 0 Å². The summed E-state index contributed by atoms with van der Waals surface area (Å²) in [7, 11) is 0. The third-order valence-corrected chi connectivity index (χ3v) is 4.09. The van der Waals surface area contributed by atoms with Crippen molar-refractivity contribution >= 4 is 0 Å². The average molecular weight is 276 g/mol. The molecule has 1 fully saturated rings. The summed E-state index contributed by atoms with van der Waals surface area (Å²) in [5, 5.41) is 0. The van der Waals surface area contributed by atoms with Crippen LogP contribution in [0.25, 0.3) is 0 Å². The van der Waals surface area contributed by atoms with Crippen molar-refractivity contribution < 1.29 is 8.78 Å². The van der Waals surface area contributed by atoms with Crippen molar-refractivity contribution in [3.8, 4) is 0 Å². The van der Waals surface area contributed by atoms with E-state index in [0.29, 0.717) is 18.8 Å². The van der Waals surface area contributed by atoms with Crippen molar-refractivity contribution in [3.63, 3.8) is 0 Å². The Bertz CT molecular complexity index is 243. The molecule has 1 aliphatic rings. The predicted octanol–water partition coefficient (Wildman–Crippen LogP) is 3.33.